The van der Waals surface area contributed by atoms with Gasteiger partial charge in [0.15, 0.2) is 10.8 Å². The summed E-state index contributed by atoms with van der Waals surface area (Å²) in [5.74, 6) is -1.65. The van der Waals surface area contributed by atoms with Crippen molar-refractivity contribution < 1.29 is 27.1 Å². The summed E-state index contributed by atoms with van der Waals surface area (Å²) in [7, 11) is 1.57. The number of para-hydroxylation sites is 1. The minimum absolute atomic E-state index is 0.00266. The van der Waals surface area contributed by atoms with Crippen molar-refractivity contribution in [2.24, 2.45) is 12.8 Å². The monoisotopic (exact) mass is 574 g/mol. The third-order valence-electron chi connectivity index (χ3n) is 5.99. The SMILES string of the molecule is CC(C)c1ccccc1N(NCc1cc(F)c2c(C(=O)Nc3ccc(OC(F)(F)F)cc3)nn(C)c2c1)C(N)=S. The minimum Gasteiger partial charge on any atom is -0.406 e. The molecule has 0 radical (unpaired) electrons. The molecule has 8 nitrogen and oxygen atoms in total. The number of hydrogen-bond donors (Lipinski definition) is 3. The number of nitrogens with zero attached hydrogens (tertiary/aromatic N) is 3. The van der Waals surface area contributed by atoms with Gasteiger partial charge in [-0.2, -0.15) is 5.10 Å². The summed E-state index contributed by atoms with van der Waals surface area (Å²) in [4.78, 5) is 12.9. The van der Waals surface area contributed by atoms with Gasteiger partial charge < -0.3 is 15.8 Å². The Balaban J connectivity index is 1.55. The van der Waals surface area contributed by atoms with E-state index in [1.54, 1.807) is 18.1 Å². The van der Waals surface area contributed by atoms with E-state index < -0.39 is 23.8 Å². The van der Waals surface area contributed by atoms with Crippen molar-refractivity contribution in [1.82, 2.24) is 15.2 Å². The summed E-state index contributed by atoms with van der Waals surface area (Å²) in [6.45, 7) is 4.26. The Labute approximate surface area is 232 Å². The number of hydrazine groups is 1. The van der Waals surface area contributed by atoms with Crippen LogP contribution in [0.25, 0.3) is 10.9 Å². The topological polar surface area (TPSA) is 97.4 Å². The summed E-state index contributed by atoms with van der Waals surface area (Å²) >= 11 is 5.25. The standard InChI is InChI=1S/C27H26F4N6O2S/c1-15(2)19-6-4-5-7-21(19)37(26(32)40)33-14-16-12-20(28)23-22(13-16)36(3)35-24(23)25(38)34-17-8-10-18(11-9-17)39-27(29,30)31/h4-13,15,33H,14H2,1-3H3,(H2,32,40)(H,34,38). The van der Waals surface area contributed by atoms with Crippen LogP contribution in [0, 0.1) is 5.82 Å². The molecule has 0 saturated carbocycles. The number of nitrogens with two attached hydrogens (primary N) is 1. The number of alkyl halides is 3. The normalized spacial score (nSPS) is 11.6. The molecule has 0 saturated heterocycles. The molecule has 0 bridgehead atoms. The van der Waals surface area contributed by atoms with Crippen molar-refractivity contribution in [3.05, 3.63) is 83.3 Å². The Hall–Kier alpha value is -4.23. The van der Waals surface area contributed by atoms with Crippen molar-refractivity contribution in [1.29, 1.82) is 0 Å². The van der Waals surface area contributed by atoms with Gasteiger partial charge in [-0.25, -0.2) is 9.82 Å². The lowest BCUT2D eigenvalue weighted by Gasteiger charge is -2.27. The number of ether oxygens (including phenoxy) is 1. The van der Waals surface area contributed by atoms with Crippen LogP contribution in [0.5, 0.6) is 5.75 Å². The lowest BCUT2D eigenvalue weighted by atomic mass is 10.0. The first-order valence-electron chi connectivity index (χ1n) is 12.1. The number of carbonyl (C=O) groups is 1. The van der Waals surface area contributed by atoms with Crippen LogP contribution in [0.3, 0.4) is 0 Å². The molecule has 4 N–H and O–H groups in total. The van der Waals surface area contributed by atoms with Crippen LogP contribution >= 0.6 is 12.2 Å². The van der Waals surface area contributed by atoms with Gasteiger partial charge >= 0.3 is 6.36 Å². The summed E-state index contributed by atoms with van der Waals surface area (Å²) in [6.07, 6.45) is -4.84. The number of carbonyl (C=O) groups excluding carboxylic acids is 1. The van der Waals surface area contributed by atoms with Gasteiger partial charge in [0.2, 0.25) is 0 Å². The Morgan fingerprint density at radius 3 is 2.45 bits per heavy atom. The summed E-state index contributed by atoms with van der Waals surface area (Å²) in [5, 5.41) is 8.35. The fourth-order valence-electron chi connectivity index (χ4n) is 4.21. The molecule has 0 spiro atoms. The molecule has 13 heteroatoms. The summed E-state index contributed by atoms with van der Waals surface area (Å²) < 4.78 is 57.7. The predicted octanol–water partition coefficient (Wildman–Crippen LogP) is 5.74. The predicted molar refractivity (Wildman–Crippen MR) is 148 cm³/mol. The molecule has 0 aliphatic rings. The van der Waals surface area contributed by atoms with E-state index in [1.165, 1.54) is 22.9 Å². The third kappa shape index (κ3) is 6.49. The van der Waals surface area contributed by atoms with Gasteiger partial charge in [-0.15, -0.1) is 13.2 Å². The lowest BCUT2D eigenvalue weighted by Crippen LogP contribution is -2.46. The quantitative estimate of drug-likeness (QED) is 0.140. The maximum absolute atomic E-state index is 15.4. The molecule has 0 unspecified atom stereocenters. The van der Waals surface area contributed by atoms with E-state index in [-0.39, 0.29) is 34.3 Å². The number of halogens is 4. The minimum atomic E-state index is -4.84. The van der Waals surface area contributed by atoms with Crippen LogP contribution in [0.2, 0.25) is 0 Å². The second-order valence-corrected chi connectivity index (χ2v) is 9.61. The van der Waals surface area contributed by atoms with E-state index in [9.17, 15) is 18.0 Å². The lowest BCUT2D eigenvalue weighted by molar-refractivity contribution is -0.274. The van der Waals surface area contributed by atoms with Crippen molar-refractivity contribution in [3.8, 4) is 5.75 Å². The number of aromatic nitrogens is 2. The van der Waals surface area contributed by atoms with Gasteiger partial charge in [0, 0.05) is 19.3 Å². The van der Waals surface area contributed by atoms with Crippen LogP contribution in [-0.2, 0) is 13.6 Å². The van der Waals surface area contributed by atoms with Gasteiger partial charge in [0.05, 0.1) is 16.6 Å². The molecule has 210 valence electrons. The van der Waals surface area contributed by atoms with Crippen molar-refractivity contribution in [2.75, 3.05) is 10.3 Å². The maximum atomic E-state index is 15.4. The Morgan fingerprint density at radius 2 is 1.82 bits per heavy atom. The number of hydrogen-bond acceptors (Lipinski definition) is 5. The molecule has 0 fully saturated rings. The molecule has 4 aromatic rings. The number of aryl methyl sites for hydroxylation is 1. The largest absolute Gasteiger partial charge is 0.573 e. The molecule has 3 aromatic carbocycles. The van der Waals surface area contributed by atoms with E-state index in [2.05, 4.69) is 20.6 Å². The first-order chi connectivity index (χ1) is 18.8. The van der Waals surface area contributed by atoms with Crippen LogP contribution in [0.15, 0.2) is 60.7 Å². The van der Waals surface area contributed by atoms with Crippen LogP contribution in [0.4, 0.5) is 28.9 Å². The van der Waals surface area contributed by atoms with Crippen molar-refractivity contribution in [2.45, 2.75) is 32.7 Å². The average molecular weight is 575 g/mol. The first-order valence-corrected chi connectivity index (χ1v) is 12.5. The fraction of sp³-hybridized carbons (Fsp3) is 0.222. The zero-order chi connectivity index (χ0) is 29.2. The maximum Gasteiger partial charge on any atom is 0.573 e. The van der Waals surface area contributed by atoms with Crippen LogP contribution in [-0.4, -0.2) is 27.2 Å². The second-order valence-electron chi connectivity index (χ2n) is 9.19. The highest BCUT2D eigenvalue weighted by Gasteiger charge is 2.31. The number of anilines is 2. The Morgan fingerprint density at radius 1 is 1.15 bits per heavy atom. The number of amides is 1. The van der Waals surface area contributed by atoms with E-state index >= 15 is 4.39 Å². The van der Waals surface area contributed by atoms with Crippen LogP contribution in [0.1, 0.15) is 41.4 Å². The van der Waals surface area contributed by atoms with Crippen LogP contribution < -0.4 is 26.2 Å². The molecular formula is C27H26F4N6O2S. The molecule has 1 amide bonds. The number of rotatable bonds is 8. The molecule has 1 heterocycles. The Bertz CT molecular complexity index is 1550. The molecule has 4 rings (SSSR count). The molecule has 40 heavy (non-hydrogen) atoms. The molecule has 0 aliphatic heterocycles. The number of benzene rings is 3. The highest BCUT2D eigenvalue weighted by atomic mass is 32.1. The van der Waals surface area contributed by atoms with E-state index in [0.717, 1.165) is 23.4 Å². The van der Waals surface area contributed by atoms with Gasteiger partial charge in [0.1, 0.15) is 11.6 Å². The molecule has 0 aliphatic carbocycles. The zero-order valence-corrected chi connectivity index (χ0v) is 22.5. The van der Waals surface area contributed by atoms with E-state index in [0.29, 0.717) is 11.1 Å². The second kappa shape index (κ2) is 11.5. The van der Waals surface area contributed by atoms with Gasteiger partial charge in [-0.1, -0.05) is 32.0 Å². The summed E-state index contributed by atoms with van der Waals surface area (Å²) in [6, 6.07) is 15.2. The molecule has 0 atom stereocenters. The number of nitrogens with one attached hydrogen (secondary N) is 2. The first kappa shape index (κ1) is 28.8. The number of fused-ring (bicyclic) bond motifs is 1. The van der Waals surface area contributed by atoms with Gasteiger partial charge in [0.25, 0.3) is 5.91 Å². The van der Waals surface area contributed by atoms with Gasteiger partial charge in [-0.3, -0.25) is 14.5 Å². The third-order valence-corrected chi connectivity index (χ3v) is 6.17. The molecule has 1 aromatic heterocycles. The average Bonchev–Trinajstić information content (AvgIpc) is 3.21. The fourth-order valence-corrected chi connectivity index (χ4v) is 4.38. The van der Waals surface area contributed by atoms with E-state index in [1.807, 2.05) is 38.1 Å². The van der Waals surface area contributed by atoms with E-state index in [4.69, 9.17) is 18.0 Å². The van der Waals surface area contributed by atoms with Crippen molar-refractivity contribution >= 4 is 45.5 Å². The molecular weight excluding hydrogens is 548 g/mol. The smallest absolute Gasteiger partial charge is 0.406 e. The number of thiocarbonyl (C=S) groups is 1. The Kier molecular flexibility index (Phi) is 8.26. The zero-order valence-electron chi connectivity index (χ0n) is 21.7. The summed E-state index contributed by atoms with van der Waals surface area (Å²) in [5.41, 5.74) is 11.8. The van der Waals surface area contributed by atoms with Gasteiger partial charge in [-0.05, 0) is 71.7 Å². The van der Waals surface area contributed by atoms with Crippen molar-refractivity contribution in [3.63, 3.8) is 0 Å². The highest BCUT2D eigenvalue weighted by Crippen LogP contribution is 2.28. The highest BCUT2D eigenvalue weighted by molar-refractivity contribution is 7.80.